The van der Waals surface area contributed by atoms with Gasteiger partial charge in [-0.3, -0.25) is 4.79 Å². The van der Waals surface area contributed by atoms with Gasteiger partial charge < -0.3 is 19.5 Å². The van der Waals surface area contributed by atoms with Crippen LogP contribution in [0.5, 0.6) is 17.2 Å². The molecule has 2 aromatic rings. The summed E-state index contributed by atoms with van der Waals surface area (Å²) in [6.45, 7) is 3.04. The van der Waals surface area contributed by atoms with Gasteiger partial charge in [-0.15, -0.1) is 0 Å². The molecule has 5 nitrogen and oxygen atoms in total. The van der Waals surface area contributed by atoms with Gasteiger partial charge in [0.05, 0.1) is 0 Å². The monoisotopic (exact) mass is 391 g/mol. The van der Waals surface area contributed by atoms with Gasteiger partial charge in [0.25, 0.3) is 5.91 Å². The smallest absolute Gasteiger partial charge is 0.262 e. The molecule has 1 aliphatic heterocycles. The lowest BCUT2D eigenvalue weighted by Gasteiger charge is -2.19. The number of fused-ring (bicyclic) bond motifs is 1. The Morgan fingerprint density at radius 3 is 2.75 bits per heavy atom. The molecule has 0 atom stereocenters. The largest absolute Gasteiger partial charge is 0.486 e. The molecule has 0 bridgehead atoms. The van der Waals surface area contributed by atoms with Crippen molar-refractivity contribution in [1.29, 1.82) is 0 Å². The minimum absolute atomic E-state index is 0.0525. The van der Waals surface area contributed by atoms with E-state index < -0.39 is 0 Å². The summed E-state index contributed by atoms with van der Waals surface area (Å²) >= 11 is 3.43. The molecule has 6 heteroatoms. The molecule has 2 aromatic carbocycles. The van der Waals surface area contributed by atoms with Crippen LogP contribution in [0.1, 0.15) is 12.5 Å². The van der Waals surface area contributed by atoms with E-state index in [4.69, 9.17) is 14.2 Å². The van der Waals surface area contributed by atoms with Gasteiger partial charge in [0.2, 0.25) is 0 Å². The third-order valence-corrected chi connectivity index (χ3v) is 4.08. The Morgan fingerprint density at radius 1 is 1.17 bits per heavy atom. The fourth-order valence-electron chi connectivity index (χ4n) is 2.43. The SMILES string of the molecule is CCc1cc(Br)ccc1OCC(=O)Nc1ccc2c(c1)OCCO2. The van der Waals surface area contributed by atoms with Crippen LogP contribution in [0.3, 0.4) is 0 Å². The Labute approximate surface area is 149 Å². The van der Waals surface area contributed by atoms with Crippen LogP contribution < -0.4 is 19.5 Å². The van der Waals surface area contributed by atoms with Crippen LogP contribution in [0.25, 0.3) is 0 Å². The molecule has 0 unspecified atom stereocenters. The highest BCUT2D eigenvalue weighted by atomic mass is 79.9. The van der Waals surface area contributed by atoms with Gasteiger partial charge in [0.15, 0.2) is 18.1 Å². The molecule has 1 heterocycles. The maximum absolute atomic E-state index is 12.1. The molecule has 0 fully saturated rings. The minimum Gasteiger partial charge on any atom is -0.486 e. The number of anilines is 1. The average molecular weight is 392 g/mol. The summed E-state index contributed by atoms with van der Waals surface area (Å²) in [5.74, 6) is 1.83. The van der Waals surface area contributed by atoms with Crippen molar-refractivity contribution in [2.45, 2.75) is 13.3 Å². The van der Waals surface area contributed by atoms with E-state index in [0.29, 0.717) is 30.4 Å². The van der Waals surface area contributed by atoms with E-state index in [1.54, 1.807) is 18.2 Å². The number of benzene rings is 2. The van der Waals surface area contributed by atoms with Crippen LogP contribution in [0, 0.1) is 0 Å². The number of halogens is 1. The van der Waals surface area contributed by atoms with Gasteiger partial charge >= 0.3 is 0 Å². The number of aryl methyl sites for hydroxylation is 1. The van der Waals surface area contributed by atoms with E-state index >= 15 is 0 Å². The van der Waals surface area contributed by atoms with E-state index in [1.807, 2.05) is 25.1 Å². The second kappa shape index (κ2) is 7.57. The molecule has 0 saturated carbocycles. The summed E-state index contributed by atoms with van der Waals surface area (Å²) in [5.41, 5.74) is 1.70. The second-order valence-electron chi connectivity index (χ2n) is 5.30. The number of ether oxygens (including phenoxy) is 3. The number of carbonyl (C=O) groups is 1. The standard InChI is InChI=1S/C18H18BrNO4/c1-2-12-9-13(19)3-5-15(12)24-11-18(21)20-14-4-6-16-17(10-14)23-8-7-22-16/h3-6,9-10H,2,7-8,11H2,1H3,(H,20,21). The zero-order valence-corrected chi connectivity index (χ0v) is 14.9. The molecule has 3 rings (SSSR count). The fourth-order valence-corrected chi connectivity index (χ4v) is 2.84. The van der Waals surface area contributed by atoms with Gasteiger partial charge in [0, 0.05) is 16.2 Å². The predicted molar refractivity (Wildman–Crippen MR) is 95.1 cm³/mol. The predicted octanol–water partition coefficient (Wildman–Crippen LogP) is 3.80. The van der Waals surface area contributed by atoms with Crippen LogP contribution in [0.4, 0.5) is 5.69 Å². The third-order valence-electron chi connectivity index (χ3n) is 3.59. The van der Waals surface area contributed by atoms with Gasteiger partial charge in [-0.2, -0.15) is 0 Å². The second-order valence-corrected chi connectivity index (χ2v) is 6.22. The topological polar surface area (TPSA) is 56.8 Å². The molecular weight excluding hydrogens is 374 g/mol. The normalized spacial score (nSPS) is 12.6. The Balaban J connectivity index is 1.60. The molecule has 1 amide bonds. The number of hydrogen-bond acceptors (Lipinski definition) is 4. The molecule has 0 spiro atoms. The zero-order valence-electron chi connectivity index (χ0n) is 13.3. The molecule has 0 radical (unpaired) electrons. The van der Waals surface area contributed by atoms with Gasteiger partial charge in [-0.1, -0.05) is 22.9 Å². The number of rotatable bonds is 5. The maximum atomic E-state index is 12.1. The summed E-state index contributed by atoms with van der Waals surface area (Å²) in [6, 6.07) is 11.1. The quantitative estimate of drug-likeness (QED) is 0.841. The van der Waals surface area contributed by atoms with Crippen LogP contribution in [-0.4, -0.2) is 25.7 Å². The first-order chi connectivity index (χ1) is 11.7. The lowest BCUT2D eigenvalue weighted by Crippen LogP contribution is -2.21. The van der Waals surface area contributed by atoms with E-state index in [0.717, 1.165) is 22.2 Å². The van der Waals surface area contributed by atoms with E-state index in [1.165, 1.54) is 0 Å². The van der Waals surface area contributed by atoms with Crippen LogP contribution in [-0.2, 0) is 11.2 Å². The van der Waals surface area contributed by atoms with Crippen molar-refractivity contribution < 1.29 is 19.0 Å². The molecule has 0 aromatic heterocycles. The Hall–Kier alpha value is -2.21. The number of carbonyl (C=O) groups excluding carboxylic acids is 1. The van der Waals surface area contributed by atoms with Crippen molar-refractivity contribution in [3.8, 4) is 17.2 Å². The van der Waals surface area contributed by atoms with E-state index in [-0.39, 0.29) is 12.5 Å². The van der Waals surface area contributed by atoms with Crippen LogP contribution >= 0.6 is 15.9 Å². The molecule has 24 heavy (non-hydrogen) atoms. The molecule has 1 aliphatic rings. The molecule has 0 aliphatic carbocycles. The number of amides is 1. The van der Waals surface area contributed by atoms with Gasteiger partial charge in [-0.05, 0) is 42.3 Å². The van der Waals surface area contributed by atoms with Gasteiger partial charge in [-0.25, -0.2) is 0 Å². The van der Waals surface area contributed by atoms with E-state index in [9.17, 15) is 4.79 Å². The van der Waals surface area contributed by atoms with E-state index in [2.05, 4.69) is 21.2 Å². The molecular formula is C18H18BrNO4. The Morgan fingerprint density at radius 2 is 1.96 bits per heavy atom. The third kappa shape index (κ3) is 4.00. The lowest BCUT2D eigenvalue weighted by molar-refractivity contribution is -0.118. The summed E-state index contributed by atoms with van der Waals surface area (Å²) in [7, 11) is 0. The number of nitrogens with one attached hydrogen (secondary N) is 1. The van der Waals surface area contributed by atoms with Crippen molar-refractivity contribution in [3.05, 3.63) is 46.4 Å². The Kier molecular flexibility index (Phi) is 5.25. The first-order valence-electron chi connectivity index (χ1n) is 7.76. The van der Waals surface area contributed by atoms with Crippen molar-refractivity contribution in [1.82, 2.24) is 0 Å². The number of hydrogen-bond donors (Lipinski definition) is 1. The first kappa shape index (κ1) is 16.6. The van der Waals surface area contributed by atoms with Crippen molar-refractivity contribution in [2.75, 3.05) is 25.1 Å². The summed E-state index contributed by atoms with van der Waals surface area (Å²) in [6.07, 6.45) is 0.832. The fraction of sp³-hybridized carbons (Fsp3) is 0.278. The molecule has 0 saturated heterocycles. The summed E-state index contributed by atoms with van der Waals surface area (Å²) in [4.78, 5) is 12.1. The highest BCUT2D eigenvalue weighted by Crippen LogP contribution is 2.32. The Bertz CT molecular complexity index is 748. The minimum atomic E-state index is -0.225. The van der Waals surface area contributed by atoms with Crippen LogP contribution in [0.2, 0.25) is 0 Å². The highest BCUT2D eigenvalue weighted by Gasteiger charge is 2.13. The highest BCUT2D eigenvalue weighted by molar-refractivity contribution is 9.10. The van der Waals surface area contributed by atoms with Crippen molar-refractivity contribution >= 4 is 27.5 Å². The van der Waals surface area contributed by atoms with Crippen molar-refractivity contribution in [2.24, 2.45) is 0 Å². The average Bonchev–Trinajstić information content (AvgIpc) is 2.60. The summed E-state index contributed by atoms with van der Waals surface area (Å²) in [5, 5.41) is 2.80. The zero-order chi connectivity index (χ0) is 16.9. The summed E-state index contributed by atoms with van der Waals surface area (Å²) < 4.78 is 17.6. The van der Waals surface area contributed by atoms with Gasteiger partial charge in [0.1, 0.15) is 19.0 Å². The molecule has 1 N–H and O–H groups in total. The van der Waals surface area contributed by atoms with Crippen molar-refractivity contribution in [3.63, 3.8) is 0 Å². The maximum Gasteiger partial charge on any atom is 0.262 e. The lowest BCUT2D eigenvalue weighted by atomic mass is 10.1. The van der Waals surface area contributed by atoms with Crippen LogP contribution in [0.15, 0.2) is 40.9 Å². The first-order valence-corrected chi connectivity index (χ1v) is 8.55. The molecule has 126 valence electrons.